The molecule has 0 fully saturated rings. The van der Waals surface area contributed by atoms with E-state index in [1.54, 1.807) is 97.7 Å². The summed E-state index contributed by atoms with van der Waals surface area (Å²) in [5.41, 5.74) is 2.18. The van der Waals surface area contributed by atoms with Crippen molar-refractivity contribution in [2.24, 2.45) is 17.3 Å². The molecule has 0 spiro atoms. The third-order valence-corrected chi connectivity index (χ3v) is 7.28. The number of thiazole rings is 2. The van der Waals surface area contributed by atoms with Crippen LogP contribution in [0, 0.1) is 55.4 Å². The largest absolute Gasteiger partial charge is 0.449 e. The molecule has 8 heterocycles. The summed E-state index contributed by atoms with van der Waals surface area (Å²) < 4.78 is 6.69. The number of nitrogens with zero attached hydrogens (tertiary/aromatic N) is 11. The second-order valence-corrected chi connectivity index (χ2v) is 13.0. The van der Waals surface area contributed by atoms with E-state index >= 15 is 0 Å². The van der Waals surface area contributed by atoms with Crippen LogP contribution < -0.4 is 0 Å². The van der Waals surface area contributed by atoms with E-state index in [1.807, 2.05) is 96.1 Å². The van der Waals surface area contributed by atoms with Crippen molar-refractivity contribution >= 4 is 34.6 Å². The van der Waals surface area contributed by atoms with Gasteiger partial charge in [-0.2, -0.15) is 10.2 Å². The number of H-pyrrole nitrogens is 1. The second kappa shape index (κ2) is 36.4. The number of nitrogens with one attached hydrogen (secondary N) is 1. The molecule has 0 radical (unpaired) electrons. The normalized spacial score (nSPS) is 9.36. The Morgan fingerprint density at radius 1 is 0.679 bits per heavy atom. The molecular formula is C41H66N12OS2. The van der Waals surface area contributed by atoms with Crippen LogP contribution in [0.15, 0.2) is 112 Å². The highest BCUT2D eigenvalue weighted by Gasteiger charge is 1.90. The fraction of sp³-hybridized carbons (Fsp3) is 0.366. The average Bonchev–Trinajstić information content (AvgIpc) is 3.99. The number of pyridine rings is 1. The lowest BCUT2D eigenvalue weighted by molar-refractivity contribution is 0.521. The van der Waals surface area contributed by atoms with Gasteiger partial charge in [-0.1, -0.05) is 35.8 Å². The zero-order valence-electron chi connectivity index (χ0n) is 31.7. The van der Waals surface area contributed by atoms with Crippen molar-refractivity contribution in [2.75, 3.05) is 0 Å². The minimum Gasteiger partial charge on any atom is -0.449 e. The van der Waals surface area contributed by atoms with Gasteiger partial charge in [0.15, 0.2) is 5.89 Å². The van der Waals surface area contributed by atoms with Crippen LogP contribution in [-0.4, -0.2) is 61.3 Å². The predicted octanol–water partition coefficient (Wildman–Crippen LogP) is 11.2. The Morgan fingerprint density at radius 2 is 1.38 bits per heavy atom. The molecule has 1 aliphatic rings. The Hall–Kier alpha value is -5.54. The summed E-state index contributed by atoms with van der Waals surface area (Å²) in [4.78, 5) is 35.5. The van der Waals surface area contributed by atoms with Crippen LogP contribution in [0.1, 0.15) is 87.0 Å². The summed E-state index contributed by atoms with van der Waals surface area (Å²) in [5.74, 6) is 3.56. The smallest absolute Gasteiger partial charge is 0.190 e. The van der Waals surface area contributed by atoms with Gasteiger partial charge < -0.3 is 14.0 Å². The maximum absolute atomic E-state index is 4.72. The first kappa shape index (κ1) is 57.2. The number of hydrogen-bond acceptors (Lipinski definition) is 13. The molecule has 308 valence electrons. The van der Waals surface area contributed by atoms with Gasteiger partial charge in [0.05, 0.1) is 16.2 Å². The van der Waals surface area contributed by atoms with Gasteiger partial charge in [-0.05, 0) is 73.6 Å². The van der Waals surface area contributed by atoms with Crippen molar-refractivity contribution in [1.29, 1.82) is 0 Å². The fourth-order valence-electron chi connectivity index (χ4n) is 3.02. The lowest BCUT2D eigenvalue weighted by Gasteiger charge is -1.87. The van der Waals surface area contributed by atoms with Crippen molar-refractivity contribution in [3.8, 4) is 0 Å². The van der Waals surface area contributed by atoms with Gasteiger partial charge in [0.1, 0.15) is 23.7 Å². The standard InChI is InChI=1S/C6H7N.C5H8N2.C5H6N2.C5H7NS.2C4H6N2.C4H5NO.C4H5NS.4CH4/c1-6-4-2-3-5-7-6;1-5-6-3-4-7(5)2;1-5-6-3-2-4-7-5;1-4-3-6-5(2)7-4;1-4-5-2-3-6-4;1-4-2-3-5-6-4;2*1-4-5-2-3-6-4;;;;/h2-5H,1H3;3-4H,1-2H3;2-4H,1H3;3H,1-2H3;2-3H,1H3,(H,5,6);3H,2H2,1H3;2*2-3H,1H3;4*1H4. The maximum Gasteiger partial charge on any atom is 0.190 e. The van der Waals surface area contributed by atoms with Gasteiger partial charge in [-0.3, -0.25) is 9.97 Å². The van der Waals surface area contributed by atoms with E-state index in [-0.39, 0.29) is 29.7 Å². The highest BCUT2D eigenvalue weighted by molar-refractivity contribution is 7.11. The number of aromatic amines is 1. The molecule has 7 aromatic rings. The Kier molecular flexibility index (Phi) is 37.2. The van der Waals surface area contributed by atoms with Gasteiger partial charge in [0.25, 0.3) is 0 Å². The topological polar surface area (TPSA) is 162 Å². The summed E-state index contributed by atoms with van der Waals surface area (Å²) in [5, 5.41) is 11.6. The molecule has 0 saturated heterocycles. The summed E-state index contributed by atoms with van der Waals surface area (Å²) in [7, 11) is 1.97. The third-order valence-electron chi connectivity index (χ3n) is 5.75. The van der Waals surface area contributed by atoms with Gasteiger partial charge in [-0.25, -0.2) is 29.9 Å². The molecule has 0 atom stereocenters. The van der Waals surface area contributed by atoms with Crippen LogP contribution in [-0.2, 0) is 7.05 Å². The van der Waals surface area contributed by atoms with E-state index in [2.05, 4.69) is 62.0 Å². The lowest BCUT2D eigenvalue weighted by Crippen LogP contribution is -1.86. The van der Waals surface area contributed by atoms with E-state index < -0.39 is 0 Å². The van der Waals surface area contributed by atoms with Crippen LogP contribution in [0.5, 0.6) is 0 Å². The first-order chi connectivity index (χ1) is 25.0. The minimum atomic E-state index is 0. The van der Waals surface area contributed by atoms with Crippen molar-refractivity contribution in [2.45, 2.75) is 98.4 Å². The Morgan fingerprint density at radius 3 is 1.55 bits per heavy atom. The molecule has 15 heteroatoms. The van der Waals surface area contributed by atoms with Crippen LogP contribution in [0.3, 0.4) is 0 Å². The molecule has 56 heavy (non-hydrogen) atoms. The maximum atomic E-state index is 4.72. The van der Waals surface area contributed by atoms with Gasteiger partial charge in [-0.15, -0.1) is 22.7 Å². The molecule has 1 N–H and O–H groups in total. The van der Waals surface area contributed by atoms with E-state index in [9.17, 15) is 0 Å². The van der Waals surface area contributed by atoms with Crippen molar-refractivity contribution < 1.29 is 4.42 Å². The Labute approximate surface area is 344 Å². The van der Waals surface area contributed by atoms with E-state index in [4.69, 9.17) is 4.42 Å². The van der Waals surface area contributed by atoms with Gasteiger partial charge in [0, 0.05) is 104 Å². The molecule has 0 aromatic carbocycles. The van der Waals surface area contributed by atoms with Gasteiger partial charge >= 0.3 is 0 Å². The van der Waals surface area contributed by atoms with E-state index in [1.165, 1.54) is 4.88 Å². The van der Waals surface area contributed by atoms with Crippen LogP contribution in [0.25, 0.3) is 0 Å². The van der Waals surface area contributed by atoms with Crippen LogP contribution in [0.2, 0.25) is 0 Å². The zero-order chi connectivity index (χ0) is 38.4. The van der Waals surface area contributed by atoms with E-state index in [0.717, 1.165) is 51.2 Å². The summed E-state index contributed by atoms with van der Waals surface area (Å²) >= 11 is 3.40. The number of hydrogen-bond donors (Lipinski definition) is 1. The molecule has 13 nitrogen and oxygen atoms in total. The molecule has 1 aliphatic heterocycles. The molecule has 0 unspecified atom stereocenters. The molecule has 0 amide bonds. The van der Waals surface area contributed by atoms with Crippen molar-refractivity contribution in [1.82, 2.24) is 49.4 Å². The number of rotatable bonds is 0. The van der Waals surface area contributed by atoms with Crippen molar-refractivity contribution in [3.05, 3.63) is 142 Å². The second-order valence-electron chi connectivity index (χ2n) is 10.5. The molecular weight excluding hydrogens is 741 g/mol. The highest BCUT2D eigenvalue weighted by Crippen LogP contribution is 2.07. The lowest BCUT2D eigenvalue weighted by atomic mass is 10.3. The predicted molar refractivity (Wildman–Crippen MR) is 240 cm³/mol. The van der Waals surface area contributed by atoms with Crippen LogP contribution in [0.4, 0.5) is 0 Å². The first-order valence-electron chi connectivity index (χ1n) is 16.1. The molecule has 0 aliphatic carbocycles. The third kappa shape index (κ3) is 33.1. The number of imidazole rings is 2. The molecule has 8 rings (SSSR count). The quantitative estimate of drug-likeness (QED) is 0.157. The zero-order valence-corrected chi connectivity index (χ0v) is 33.3. The number of aryl methyl sites for hydroxylation is 9. The monoisotopic (exact) mass is 806 g/mol. The van der Waals surface area contributed by atoms with Crippen molar-refractivity contribution in [3.63, 3.8) is 0 Å². The Bertz CT molecular complexity index is 1700. The fourth-order valence-corrected chi connectivity index (χ4v) is 4.13. The minimum absolute atomic E-state index is 0. The number of oxazole rings is 1. The van der Waals surface area contributed by atoms with Gasteiger partial charge in [0.2, 0.25) is 0 Å². The van der Waals surface area contributed by atoms with Crippen LogP contribution >= 0.6 is 22.7 Å². The molecule has 0 saturated carbocycles. The average molecular weight is 807 g/mol. The number of aromatic nitrogens is 10. The van der Waals surface area contributed by atoms with E-state index in [0.29, 0.717) is 0 Å². The molecule has 0 bridgehead atoms. The summed E-state index contributed by atoms with van der Waals surface area (Å²) in [6.07, 6.45) is 22.1. The molecule has 7 aromatic heterocycles. The summed E-state index contributed by atoms with van der Waals surface area (Å²) in [6.45, 7) is 17.6. The SMILES string of the molecule is C.C.C.C.CC1=NN=CC1.Cc1ccccn1.Cc1cnc(C)s1.Cc1ncc[nH]1.Cc1ncccn1.Cc1nccn1C.Cc1ncco1.Cc1nccs1. The first-order valence-corrected chi connectivity index (χ1v) is 17.8. The Balaban J connectivity index is -0.000000273. The summed E-state index contributed by atoms with van der Waals surface area (Å²) in [6, 6.07) is 7.66. The highest BCUT2D eigenvalue weighted by atomic mass is 32.1.